The summed E-state index contributed by atoms with van der Waals surface area (Å²) in [7, 11) is 0. The van der Waals surface area contributed by atoms with Crippen molar-refractivity contribution in [2.75, 3.05) is 4.90 Å². The fraction of sp³-hybridized carbons (Fsp3) is 0.0690. The molecule has 3 aliphatic rings. The van der Waals surface area contributed by atoms with E-state index in [2.05, 4.69) is 147 Å². The molecule has 2 heteroatoms. The Morgan fingerprint density at radius 3 is 1.70 bits per heavy atom. The van der Waals surface area contributed by atoms with Crippen molar-refractivity contribution >= 4 is 39.0 Å². The zero-order valence-corrected chi connectivity index (χ0v) is 33.1. The number of rotatable bonds is 4. The Kier molecular flexibility index (Phi) is 5.98. The van der Waals surface area contributed by atoms with E-state index in [-0.39, 0.29) is 40.8 Å². The summed E-state index contributed by atoms with van der Waals surface area (Å²) in [6.45, 7) is 4.51. The molecule has 0 radical (unpaired) electrons. The van der Waals surface area contributed by atoms with Gasteiger partial charge in [0.1, 0.15) is 11.2 Å². The van der Waals surface area contributed by atoms with Crippen LogP contribution in [0.1, 0.15) is 52.7 Å². The Labute approximate surface area is 355 Å². The van der Waals surface area contributed by atoms with Crippen LogP contribution in [0, 0.1) is 0 Å². The van der Waals surface area contributed by atoms with Crippen LogP contribution in [-0.4, -0.2) is 0 Å². The van der Waals surface area contributed by atoms with Gasteiger partial charge in [0.15, 0.2) is 0 Å². The molecule has 282 valence electrons. The largest absolute Gasteiger partial charge is 0.456 e. The van der Waals surface area contributed by atoms with E-state index < -0.39 is 5.41 Å². The number of benzene rings is 9. The molecular weight excluding hydrogens is 727 g/mol. The molecule has 0 fully saturated rings. The monoisotopic (exact) mass is 769 g/mol. The van der Waals surface area contributed by atoms with Crippen molar-refractivity contribution in [3.8, 4) is 44.5 Å². The van der Waals surface area contributed by atoms with E-state index >= 15 is 0 Å². The molecular formula is C58H39NO. The van der Waals surface area contributed by atoms with Crippen LogP contribution in [0.5, 0.6) is 0 Å². The number of nitrogens with zero attached hydrogens (tertiary/aromatic N) is 1. The van der Waals surface area contributed by atoms with Crippen LogP contribution in [0.4, 0.5) is 17.1 Å². The number of fused-ring (bicyclic) bond motifs is 16. The van der Waals surface area contributed by atoms with Crippen LogP contribution >= 0.6 is 0 Å². The zero-order chi connectivity index (χ0) is 43.2. The van der Waals surface area contributed by atoms with Gasteiger partial charge in [0, 0.05) is 33.1 Å². The summed E-state index contributed by atoms with van der Waals surface area (Å²) >= 11 is 0. The van der Waals surface area contributed by atoms with Crippen molar-refractivity contribution in [2.45, 2.75) is 24.7 Å². The van der Waals surface area contributed by atoms with E-state index in [4.69, 9.17) is 4.42 Å². The molecule has 0 N–H and O–H groups in total. The molecule has 1 spiro atoms. The van der Waals surface area contributed by atoms with E-state index in [1.54, 1.807) is 0 Å². The summed E-state index contributed by atoms with van der Waals surface area (Å²) in [5, 5.41) is 1.63. The molecule has 0 bridgehead atoms. The summed E-state index contributed by atoms with van der Waals surface area (Å²) in [6, 6.07) is 60.5. The van der Waals surface area contributed by atoms with E-state index in [1.807, 2.05) is 47.4 Å². The molecule has 1 aromatic heterocycles. The predicted molar refractivity (Wildman–Crippen MR) is 248 cm³/mol. The maximum absolute atomic E-state index is 10.1. The van der Waals surface area contributed by atoms with Crippen LogP contribution in [0.3, 0.4) is 0 Å². The number of hydrogen-bond donors (Lipinski definition) is 0. The topological polar surface area (TPSA) is 16.4 Å². The highest BCUT2D eigenvalue weighted by Crippen LogP contribution is 2.65. The highest BCUT2D eigenvalue weighted by atomic mass is 16.3. The first-order valence-corrected chi connectivity index (χ1v) is 20.7. The summed E-state index contributed by atoms with van der Waals surface area (Å²) in [4.78, 5) is 2.01. The highest BCUT2D eigenvalue weighted by molar-refractivity contribution is 6.12. The van der Waals surface area contributed by atoms with Crippen molar-refractivity contribution in [3.05, 3.63) is 233 Å². The minimum absolute atomic E-state index is 0.115. The normalized spacial score (nSPS) is 15.4. The predicted octanol–water partition coefficient (Wildman–Crippen LogP) is 15.4. The molecule has 60 heavy (non-hydrogen) atoms. The Hall–Kier alpha value is -7.42. The van der Waals surface area contributed by atoms with Gasteiger partial charge < -0.3 is 9.32 Å². The SMILES string of the molecule is [2H]c1c([2H])c(N(c2ccc3c(c2)C(C)(C)c2ccccc2-3)c2cccc3c2-c2ccccc2C32c3ccccc3-c3ccccc32)c([2H])c([2H])c1-c1cccc2oc3ccccc3c12. The number of anilines is 3. The van der Waals surface area contributed by atoms with Crippen molar-refractivity contribution < 1.29 is 9.90 Å². The third-order valence-electron chi connectivity index (χ3n) is 13.6. The van der Waals surface area contributed by atoms with Crippen LogP contribution < -0.4 is 4.90 Å². The lowest BCUT2D eigenvalue weighted by molar-refractivity contribution is 0.660. The second-order valence-electron chi connectivity index (χ2n) is 16.8. The molecule has 13 rings (SSSR count). The van der Waals surface area contributed by atoms with E-state index in [1.165, 1.54) is 38.9 Å². The van der Waals surface area contributed by atoms with Crippen LogP contribution in [-0.2, 0) is 10.8 Å². The van der Waals surface area contributed by atoms with Gasteiger partial charge >= 0.3 is 0 Å². The summed E-state index contributed by atoms with van der Waals surface area (Å²) in [6.07, 6.45) is 0. The molecule has 0 aliphatic heterocycles. The average Bonchev–Trinajstić information content (AvgIpc) is 4.02. The van der Waals surface area contributed by atoms with E-state index in [0.29, 0.717) is 16.7 Å². The van der Waals surface area contributed by atoms with Crippen LogP contribution in [0.15, 0.2) is 205 Å². The first kappa shape index (κ1) is 29.7. The van der Waals surface area contributed by atoms with Crippen molar-refractivity contribution in [3.63, 3.8) is 0 Å². The van der Waals surface area contributed by atoms with Gasteiger partial charge in [-0.05, 0) is 115 Å². The van der Waals surface area contributed by atoms with Gasteiger partial charge in [0.2, 0.25) is 0 Å². The number of hydrogen-bond acceptors (Lipinski definition) is 2. The van der Waals surface area contributed by atoms with Crippen molar-refractivity contribution in [1.82, 2.24) is 0 Å². The Bertz CT molecular complexity index is 3600. The molecule has 10 aromatic rings. The lowest BCUT2D eigenvalue weighted by Crippen LogP contribution is -2.26. The molecule has 9 aromatic carbocycles. The molecule has 0 unspecified atom stereocenters. The quantitative estimate of drug-likeness (QED) is 0.177. The second-order valence-corrected chi connectivity index (χ2v) is 16.8. The first-order valence-electron chi connectivity index (χ1n) is 22.7. The lowest BCUT2D eigenvalue weighted by Gasteiger charge is -2.32. The minimum atomic E-state index is -0.618. The second kappa shape index (κ2) is 12.1. The van der Waals surface area contributed by atoms with Gasteiger partial charge in [0.05, 0.1) is 16.6 Å². The Balaban J connectivity index is 1.12. The molecule has 0 saturated carbocycles. The molecule has 0 atom stereocenters. The fourth-order valence-electron chi connectivity index (χ4n) is 11.1. The van der Waals surface area contributed by atoms with Crippen LogP contribution in [0.2, 0.25) is 0 Å². The number of furan rings is 1. The molecule has 0 amide bonds. The molecule has 1 heterocycles. The first-order chi connectivity index (χ1) is 31.2. The summed E-state index contributed by atoms with van der Waals surface area (Å²) in [5.41, 5.74) is 16.9. The average molecular weight is 770 g/mol. The zero-order valence-electron chi connectivity index (χ0n) is 37.1. The molecule has 2 nitrogen and oxygen atoms in total. The fourth-order valence-corrected chi connectivity index (χ4v) is 11.1. The smallest absolute Gasteiger partial charge is 0.136 e. The van der Waals surface area contributed by atoms with Gasteiger partial charge in [-0.1, -0.05) is 172 Å². The van der Waals surface area contributed by atoms with Gasteiger partial charge in [-0.15, -0.1) is 0 Å². The standard InChI is InChI=1S/C58H39NO/c1-57(2)46-21-8-3-15-40(46)43-34-33-38(35-51(43)57)59(37-31-29-36(30-32-37)39-20-13-28-54-55(39)45-19-7-12-27-53(45)60-54)52-26-14-25-50-56(52)44-18-6-11-24-49(44)58(50)47-22-9-4-16-41(47)42-17-5-10-23-48(42)58/h3-35H,1-2H3/i29D,30D,31D,32D. The van der Waals surface area contributed by atoms with Gasteiger partial charge in [-0.3, -0.25) is 0 Å². The van der Waals surface area contributed by atoms with Gasteiger partial charge in [-0.2, -0.15) is 0 Å². The van der Waals surface area contributed by atoms with Gasteiger partial charge in [0.25, 0.3) is 0 Å². The minimum Gasteiger partial charge on any atom is -0.456 e. The van der Waals surface area contributed by atoms with E-state index in [9.17, 15) is 5.48 Å². The summed E-state index contributed by atoms with van der Waals surface area (Å²) in [5.74, 6) is 0. The maximum atomic E-state index is 10.1. The summed E-state index contributed by atoms with van der Waals surface area (Å²) < 4.78 is 46.1. The Morgan fingerprint density at radius 2 is 0.967 bits per heavy atom. The maximum Gasteiger partial charge on any atom is 0.136 e. The van der Waals surface area contributed by atoms with Crippen molar-refractivity contribution in [1.29, 1.82) is 0 Å². The Morgan fingerprint density at radius 1 is 0.433 bits per heavy atom. The molecule has 0 saturated heterocycles. The van der Waals surface area contributed by atoms with Gasteiger partial charge in [-0.25, -0.2) is 0 Å². The third-order valence-corrected chi connectivity index (χ3v) is 13.6. The third kappa shape index (κ3) is 4.27. The lowest BCUT2D eigenvalue weighted by atomic mass is 9.70. The van der Waals surface area contributed by atoms with E-state index in [0.717, 1.165) is 50.0 Å². The van der Waals surface area contributed by atoms with Crippen LogP contribution in [0.25, 0.3) is 66.4 Å². The molecule has 3 aliphatic carbocycles. The number of para-hydroxylation sites is 1. The van der Waals surface area contributed by atoms with Crippen molar-refractivity contribution in [2.24, 2.45) is 0 Å². The highest BCUT2D eigenvalue weighted by Gasteiger charge is 2.52.